The van der Waals surface area contributed by atoms with Crippen LogP contribution in [-0.4, -0.2) is 29.0 Å². The first-order valence-corrected chi connectivity index (χ1v) is 15.5. The highest BCUT2D eigenvalue weighted by Gasteiger charge is 2.38. The Bertz CT molecular complexity index is 2150. The van der Waals surface area contributed by atoms with E-state index in [1.165, 1.54) is 20.1 Å². The molecule has 1 aliphatic rings. The number of benzene rings is 2. The topological polar surface area (TPSA) is 90.8 Å². The van der Waals surface area contributed by atoms with Gasteiger partial charge in [-0.05, 0) is 66.8 Å². The first kappa shape index (κ1) is 30.3. The van der Waals surface area contributed by atoms with Crippen molar-refractivity contribution in [1.82, 2.24) is 18.7 Å². The van der Waals surface area contributed by atoms with Gasteiger partial charge in [-0.15, -0.1) is 0 Å². The van der Waals surface area contributed by atoms with E-state index >= 15 is 0 Å². The SMILES string of the molecule is Cc1cccn2c(=O)c(/C=C3\SC(=S)N(c4c(C)n(C)n(-c5ccccc5)c4=O)C3=O)c(Oc3ccc(C(C)(C)C)cc3)nc12. The summed E-state index contributed by atoms with van der Waals surface area (Å²) >= 11 is 6.64. The summed E-state index contributed by atoms with van der Waals surface area (Å²) in [6.07, 6.45) is 3.08. The molecule has 0 saturated carbocycles. The number of fused-ring (bicyclic) bond motifs is 1. The maximum absolute atomic E-state index is 13.9. The molecule has 0 radical (unpaired) electrons. The maximum atomic E-state index is 13.9. The molecule has 228 valence electrons. The number of nitrogens with zero attached hydrogens (tertiary/aromatic N) is 5. The number of anilines is 1. The van der Waals surface area contributed by atoms with Gasteiger partial charge >= 0.3 is 0 Å². The minimum absolute atomic E-state index is 0.0446. The maximum Gasteiger partial charge on any atom is 0.296 e. The predicted octanol–water partition coefficient (Wildman–Crippen LogP) is 6.30. The molecule has 11 heteroatoms. The van der Waals surface area contributed by atoms with Crippen molar-refractivity contribution in [3.63, 3.8) is 0 Å². The van der Waals surface area contributed by atoms with E-state index in [2.05, 4.69) is 20.8 Å². The summed E-state index contributed by atoms with van der Waals surface area (Å²) in [5.41, 5.74) is 2.99. The normalized spacial score (nSPS) is 14.6. The molecule has 1 amide bonds. The lowest BCUT2D eigenvalue weighted by Gasteiger charge is -2.19. The molecule has 9 nitrogen and oxygen atoms in total. The Balaban J connectivity index is 1.45. The highest BCUT2D eigenvalue weighted by atomic mass is 32.2. The summed E-state index contributed by atoms with van der Waals surface area (Å²) in [4.78, 5) is 47.7. The van der Waals surface area contributed by atoms with Gasteiger partial charge in [-0.3, -0.25) is 28.4 Å². The number of para-hydroxylation sites is 1. The molecule has 0 N–H and O–H groups in total. The predicted molar refractivity (Wildman–Crippen MR) is 183 cm³/mol. The van der Waals surface area contributed by atoms with E-state index < -0.39 is 11.5 Å². The van der Waals surface area contributed by atoms with E-state index in [0.717, 1.165) is 22.9 Å². The number of aromatic nitrogens is 4. The number of hydrogen-bond donors (Lipinski definition) is 0. The Morgan fingerprint density at radius 1 is 0.911 bits per heavy atom. The number of aryl methyl sites for hydroxylation is 1. The zero-order chi connectivity index (χ0) is 32.2. The second-order valence-electron chi connectivity index (χ2n) is 11.8. The first-order chi connectivity index (χ1) is 21.4. The van der Waals surface area contributed by atoms with Crippen LogP contribution in [-0.2, 0) is 17.3 Å². The lowest BCUT2D eigenvalue weighted by molar-refractivity contribution is -0.113. The molecule has 5 aromatic rings. The molecule has 1 aliphatic heterocycles. The molecular weight excluding hydrogens is 607 g/mol. The fourth-order valence-corrected chi connectivity index (χ4v) is 6.48. The van der Waals surface area contributed by atoms with E-state index in [0.29, 0.717) is 22.8 Å². The molecule has 0 atom stereocenters. The zero-order valence-electron chi connectivity index (χ0n) is 25.7. The van der Waals surface area contributed by atoms with Crippen LogP contribution in [0.1, 0.15) is 43.2 Å². The number of carbonyl (C=O) groups is 1. The molecule has 6 rings (SSSR count). The quantitative estimate of drug-likeness (QED) is 0.165. The van der Waals surface area contributed by atoms with E-state index in [1.54, 1.807) is 30.9 Å². The molecule has 0 spiro atoms. The van der Waals surface area contributed by atoms with Crippen LogP contribution in [0.3, 0.4) is 0 Å². The summed E-state index contributed by atoms with van der Waals surface area (Å²) in [5, 5.41) is 0. The average molecular weight is 638 g/mol. The summed E-state index contributed by atoms with van der Waals surface area (Å²) in [6.45, 7) is 10.00. The number of pyridine rings is 1. The van der Waals surface area contributed by atoms with Crippen molar-refractivity contribution < 1.29 is 9.53 Å². The van der Waals surface area contributed by atoms with Crippen molar-refractivity contribution in [1.29, 1.82) is 0 Å². The van der Waals surface area contributed by atoms with Crippen molar-refractivity contribution in [3.05, 3.63) is 121 Å². The Morgan fingerprint density at radius 2 is 1.60 bits per heavy atom. The average Bonchev–Trinajstić information content (AvgIpc) is 3.39. The standard InChI is InChI=1S/C34H31N5O4S2/c1-20-11-10-18-37-28(20)35-29(43-24-16-14-22(15-17-24)34(3,4)5)25(30(37)40)19-26-31(41)38(33(44)45-26)27-21(2)36(6)39(32(27)42)23-12-8-7-9-13-23/h7-19H,1-6H3/b26-19-. The molecule has 3 aromatic heterocycles. The highest BCUT2D eigenvalue weighted by molar-refractivity contribution is 8.27. The van der Waals surface area contributed by atoms with Gasteiger partial charge in [-0.1, -0.05) is 81.1 Å². The first-order valence-electron chi connectivity index (χ1n) is 14.3. The lowest BCUT2D eigenvalue weighted by Crippen LogP contribution is -2.33. The fraction of sp³-hybridized carbons (Fsp3) is 0.206. The third-order valence-electron chi connectivity index (χ3n) is 7.80. The molecule has 4 heterocycles. The van der Waals surface area contributed by atoms with Crippen LogP contribution in [0.4, 0.5) is 5.69 Å². The summed E-state index contributed by atoms with van der Waals surface area (Å²) in [7, 11) is 1.75. The molecule has 2 aromatic carbocycles. The monoisotopic (exact) mass is 637 g/mol. The second-order valence-corrected chi connectivity index (χ2v) is 13.5. The third kappa shape index (κ3) is 5.32. The van der Waals surface area contributed by atoms with Gasteiger partial charge in [0.15, 0.2) is 4.32 Å². The van der Waals surface area contributed by atoms with Crippen LogP contribution in [0, 0.1) is 13.8 Å². The van der Waals surface area contributed by atoms with Crippen LogP contribution in [0.25, 0.3) is 17.4 Å². The Hall–Kier alpha value is -4.74. The highest BCUT2D eigenvalue weighted by Crippen LogP contribution is 2.37. The third-order valence-corrected chi connectivity index (χ3v) is 9.10. The Labute approximate surface area is 269 Å². The number of thiocarbonyl (C=S) groups is 1. The van der Waals surface area contributed by atoms with Crippen molar-refractivity contribution in [2.75, 3.05) is 4.90 Å². The van der Waals surface area contributed by atoms with Crippen molar-refractivity contribution in [2.24, 2.45) is 7.05 Å². The van der Waals surface area contributed by atoms with Gasteiger partial charge in [0.2, 0.25) is 5.88 Å². The summed E-state index contributed by atoms with van der Waals surface area (Å²) in [6, 6.07) is 20.4. The van der Waals surface area contributed by atoms with Gasteiger partial charge in [-0.2, -0.15) is 4.98 Å². The Kier molecular flexibility index (Phi) is 7.62. The van der Waals surface area contributed by atoms with Gasteiger partial charge in [0.05, 0.1) is 16.3 Å². The fourth-order valence-electron chi connectivity index (χ4n) is 5.23. The van der Waals surface area contributed by atoms with Crippen molar-refractivity contribution in [2.45, 2.75) is 40.0 Å². The minimum atomic E-state index is -0.509. The molecule has 0 bridgehead atoms. The van der Waals surface area contributed by atoms with Gasteiger partial charge in [0, 0.05) is 13.2 Å². The largest absolute Gasteiger partial charge is 0.438 e. The molecule has 0 aliphatic carbocycles. The van der Waals surface area contributed by atoms with Crippen LogP contribution < -0.4 is 20.8 Å². The van der Waals surface area contributed by atoms with Crippen LogP contribution in [0.5, 0.6) is 11.6 Å². The minimum Gasteiger partial charge on any atom is -0.438 e. The number of hydrogen-bond acceptors (Lipinski definition) is 7. The van der Waals surface area contributed by atoms with Crippen molar-refractivity contribution in [3.8, 4) is 17.3 Å². The summed E-state index contributed by atoms with van der Waals surface area (Å²) in [5.74, 6) is 0.0482. The van der Waals surface area contributed by atoms with E-state index in [4.69, 9.17) is 21.9 Å². The summed E-state index contributed by atoms with van der Waals surface area (Å²) < 4.78 is 11.0. The van der Waals surface area contributed by atoms with Crippen LogP contribution >= 0.6 is 24.0 Å². The number of rotatable bonds is 5. The number of ether oxygens (including phenoxy) is 1. The van der Waals surface area contributed by atoms with Gasteiger partial charge in [0.25, 0.3) is 17.0 Å². The zero-order valence-corrected chi connectivity index (χ0v) is 27.3. The Morgan fingerprint density at radius 3 is 2.27 bits per heavy atom. The molecule has 1 fully saturated rings. The number of thioether (sulfide) groups is 1. The van der Waals surface area contributed by atoms with Gasteiger partial charge in [0.1, 0.15) is 22.6 Å². The van der Waals surface area contributed by atoms with Gasteiger partial charge < -0.3 is 4.74 Å². The molecule has 1 saturated heterocycles. The van der Waals surface area contributed by atoms with Crippen molar-refractivity contribution >= 4 is 51.6 Å². The lowest BCUT2D eigenvalue weighted by atomic mass is 9.87. The molecule has 45 heavy (non-hydrogen) atoms. The van der Waals surface area contributed by atoms with E-state index in [9.17, 15) is 14.4 Å². The molecular formula is C34H31N5O4S2. The van der Waals surface area contributed by atoms with Gasteiger partial charge in [-0.25, -0.2) is 4.68 Å². The van der Waals surface area contributed by atoms with E-state index in [1.807, 2.05) is 67.6 Å². The second kappa shape index (κ2) is 11.3. The van der Waals surface area contributed by atoms with Crippen LogP contribution in [0.15, 0.2) is 87.4 Å². The number of carbonyl (C=O) groups excluding carboxylic acids is 1. The smallest absolute Gasteiger partial charge is 0.296 e. The van der Waals surface area contributed by atoms with E-state index in [-0.39, 0.29) is 37.3 Å². The molecule has 0 unspecified atom stereocenters. The van der Waals surface area contributed by atoms with Crippen LogP contribution in [0.2, 0.25) is 0 Å². The number of amides is 1.